The molecule has 3 N–H and O–H groups in total. The molecule has 5 nitrogen and oxygen atoms in total. The predicted molar refractivity (Wildman–Crippen MR) is 69.1 cm³/mol. The Morgan fingerprint density at radius 2 is 2.40 bits per heavy atom. The van der Waals surface area contributed by atoms with Gasteiger partial charge in [-0.15, -0.1) is 0 Å². The minimum absolute atomic E-state index is 0.0909. The van der Waals surface area contributed by atoms with Crippen LogP contribution in [0.25, 0.3) is 0 Å². The van der Waals surface area contributed by atoms with Crippen molar-refractivity contribution >= 4 is 28.4 Å². The lowest BCUT2D eigenvalue weighted by atomic mass is 10.3. The monoisotopic (exact) mass is 322 g/mol. The van der Waals surface area contributed by atoms with Crippen molar-refractivity contribution in [2.45, 2.75) is 13.3 Å². The van der Waals surface area contributed by atoms with Crippen molar-refractivity contribution in [2.75, 3.05) is 24.5 Å². The van der Waals surface area contributed by atoms with E-state index in [1.807, 2.05) is 29.5 Å². The van der Waals surface area contributed by atoms with E-state index < -0.39 is 0 Å². The molecule has 1 aromatic heterocycles. The molecule has 84 valence electrons. The van der Waals surface area contributed by atoms with Gasteiger partial charge in [-0.05, 0) is 42.5 Å². The average molecular weight is 322 g/mol. The molecule has 0 bridgehead atoms. The van der Waals surface area contributed by atoms with Gasteiger partial charge in [0.05, 0.1) is 6.33 Å². The van der Waals surface area contributed by atoms with Crippen molar-refractivity contribution in [3.8, 4) is 0 Å². The highest BCUT2D eigenvalue weighted by atomic mass is 127. The van der Waals surface area contributed by atoms with E-state index in [4.69, 9.17) is 5.73 Å². The summed E-state index contributed by atoms with van der Waals surface area (Å²) < 4.78 is 0.633. The van der Waals surface area contributed by atoms with Crippen LogP contribution in [0.15, 0.2) is 11.1 Å². The summed E-state index contributed by atoms with van der Waals surface area (Å²) in [5.41, 5.74) is 5.37. The average Bonchev–Trinajstić information content (AvgIpc) is 2.25. The number of aromatic nitrogens is 2. The second-order valence-corrected chi connectivity index (χ2v) is 4.17. The second-order valence-electron chi connectivity index (χ2n) is 3.09. The van der Waals surface area contributed by atoms with E-state index in [1.54, 1.807) is 0 Å². The van der Waals surface area contributed by atoms with Crippen LogP contribution in [0.3, 0.4) is 0 Å². The number of halogens is 1. The fourth-order valence-corrected chi connectivity index (χ4v) is 1.93. The molecule has 0 atom stereocenters. The van der Waals surface area contributed by atoms with Crippen LogP contribution in [0.1, 0.15) is 13.3 Å². The standard InChI is InChI=1S/C9H15IN4O/c1-2-14(5-3-4-11)8-7(10)9(15)13-6-12-8/h6H,2-5,11H2,1H3,(H,12,13,15). The molecule has 0 aliphatic carbocycles. The van der Waals surface area contributed by atoms with Gasteiger partial charge in [-0.2, -0.15) is 0 Å². The van der Waals surface area contributed by atoms with Gasteiger partial charge in [0.2, 0.25) is 0 Å². The molecule has 0 aliphatic rings. The van der Waals surface area contributed by atoms with Gasteiger partial charge < -0.3 is 15.6 Å². The molecule has 0 saturated carbocycles. The van der Waals surface area contributed by atoms with E-state index in [2.05, 4.69) is 14.9 Å². The van der Waals surface area contributed by atoms with Gasteiger partial charge in [0.1, 0.15) is 9.39 Å². The number of nitrogens with zero attached hydrogens (tertiary/aromatic N) is 2. The highest BCUT2D eigenvalue weighted by Crippen LogP contribution is 2.14. The number of hydrogen-bond donors (Lipinski definition) is 2. The van der Waals surface area contributed by atoms with Gasteiger partial charge >= 0.3 is 0 Å². The first-order chi connectivity index (χ1) is 7.20. The van der Waals surface area contributed by atoms with Crippen molar-refractivity contribution in [2.24, 2.45) is 5.73 Å². The van der Waals surface area contributed by atoms with Crippen LogP contribution in [0, 0.1) is 3.57 Å². The second kappa shape index (κ2) is 6.06. The van der Waals surface area contributed by atoms with Crippen molar-refractivity contribution in [1.29, 1.82) is 0 Å². The zero-order valence-electron chi connectivity index (χ0n) is 8.66. The molecule has 0 spiro atoms. The molecule has 15 heavy (non-hydrogen) atoms. The molecule has 1 aromatic rings. The number of aromatic amines is 1. The van der Waals surface area contributed by atoms with Gasteiger partial charge in [0, 0.05) is 13.1 Å². The summed E-state index contributed by atoms with van der Waals surface area (Å²) in [6.45, 7) is 4.34. The van der Waals surface area contributed by atoms with E-state index in [9.17, 15) is 4.79 Å². The van der Waals surface area contributed by atoms with E-state index >= 15 is 0 Å². The molecule has 0 aliphatic heterocycles. The minimum atomic E-state index is -0.0909. The quantitative estimate of drug-likeness (QED) is 0.777. The predicted octanol–water partition coefficient (Wildman–Crippen LogP) is 0.550. The van der Waals surface area contributed by atoms with E-state index in [-0.39, 0.29) is 5.56 Å². The van der Waals surface area contributed by atoms with Crippen molar-refractivity contribution in [1.82, 2.24) is 9.97 Å². The third-order valence-corrected chi connectivity index (χ3v) is 3.06. The fraction of sp³-hybridized carbons (Fsp3) is 0.556. The zero-order valence-corrected chi connectivity index (χ0v) is 10.8. The molecule has 1 heterocycles. The summed E-state index contributed by atoms with van der Waals surface area (Å²) in [5.74, 6) is 0.746. The van der Waals surface area contributed by atoms with Gasteiger partial charge in [0.25, 0.3) is 5.56 Å². The Kier molecular flexibility index (Phi) is 5.03. The molecule has 0 unspecified atom stereocenters. The first-order valence-electron chi connectivity index (χ1n) is 4.89. The van der Waals surface area contributed by atoms with Crippen molar-refractivity contribution in [3.63, 3.8) is 0 Å². The Labute approximate surface area is 102 Å². The smallest absolute Gasteiger partial charge is 0.266 e. The Morgan fingerprint density at radius 1 is 1.67 bits per heavy atom. The van der Waals surface area contributed by atoms with E-state index in [0.717, 1.165) is 25.3 Å². The Balaban J connectivity index is 2.91. The van der Waals surface area contributed by atoms with E-state index in [0.29, 0.717) is 10.1 Å². The summed E-state index contributed by atoms with van der Waals surface area (Å²) in [6, 6.07) is 0. The minimum Gasteiger partial charge on any atom is -0.356 e. The van der Waals surface area contributed by atoms with Gasteiger partial charge in [-0.1, -0.05) is 0 Å². The number of nitrogens with one attached hydrogen (secondary N) is 1. The topological polar surface area (TPSA) is 75.0 Å². The molecular weight excluding hydrogens is 307 g/mol. The Morgan fingerprint density at radius 3 is 3.00 bits per heavy atom. The molecular formula is C9H15IN4O. The lowest BCUT2D eigenvalue weighted by Crippen LogP contribution is -2.29. The first kappa shape index (κ1) is 12.4. The van der Waals surface area contributed by atoms with Crippen LogP contribution >= 0.6 is 22.6 Å². The highest BCUT2D eigenvalue weighted by molar-refractivity contribution is 14.1. The molecule has 6 heteroatoms. The Bertz CT molecular complexity index is 365. The summed E-state index contributed by atoms with van der Waals surface area (Å²) >= 11 is 2.02. The number of rotatable bonds is 5. The number of nitrogens with two attached hydrogens (primary N) is 1. The lowest BCUT2D eigenvalue weighted by molar-refractivity contribution is 0.740. The summed E-state index contributed by atoms with van der Waals surface area (Å²) in [5, 5.41) is 0. The Hall–Kier alpha value is -0.630. The molecule has 0 aromatic carbocycles. The normalized spacial score (nSPS) is 10.3. The molecule has 0 saturated heterocycles. The molecule has 1 rings (SSSR count). The molecule has 0 radical (unpaired) electrons. The molecule has 0 amide bonds. The number of H-pyrrole nitrogens is 1. The van der Waals surface area contributed by atoms with Crippen LogP contribution in [0.4, 0.5) is 5.82 Å². The maximum atomic E-state index is 11.4. The zero-order chi connectivity index (χ0) is 11.3. The van der Waals surface area contributed by atoms with E-state index in [1.165, 1.54) is 6.33 Å². The number of hydrogen-bond acceptors (Lipinski definition) is 4. The van der Waals surface area contributed by atoms with Crippen LogP contribution in [0.2, 0.25) is 0 Å². The van der Waals surface area contributed by atoms with Crippen LogP contribution in [0.5, 0.6) is 0 Å². The number of anilines is 1. The maximum absolute atomic E-state index is 11.4. The van der Waals surface area contributed by atoms with Crippen LogP contribution in [-0.4, -0.2) is 29.6 Å². The SMILES string of the molecule is CCN(CCCN)c1nc[nH]c(=O)c1I. The van der Waals surface area contributed by atoms with Gasteiger partial charge in [-0.25, -0.2) is 4.98 Å². The first-order valence-corrected chi connectivity index (χ1v) is 5.96. The third kappa shape index (κ3) is 3.16. The maximum Gasteiger partial charge on any atom is 0.266 e. The fourth-order valence-electron chi connectivity index (χ4n) is 1.29. The van der Waals surface area contributed by atoms with Crippen molar-refractivity contribution < 1.29 is 0 Å². The van der Waals surface area contributed by atoms with Gasteiger partial charge in [-0.3, -0.25) is 4.79 Å². The highest BCUT2D eigenvalue weighted by Gasteiger charge is 2.11. The summed E-state index contributed by atoms with van der Waals surface area (Å²) in [4.78, 5) is 20.2. The largest absolute Gasteiger partial charge is 0.356 e. The molecule has 0 fully saturated rings. The van der Waals surface area contributed by atoms with Gasteiger partial charge in [0.15, 0.2) is 0 Å². The summed E-state index contributed by atoms with van der Waals surface area (Å²) in [7, 11) is 0. The lowest BCUT2D eigenvalue weighted by Gasteiger charge is -2.21. The van der Waals surface area contributed by atoms with Crippen molar-refractivity contribution in [3.05, 3.63) is 20.3 Å². The van der Waals surface area contributed by atoms with Crippen LogP contribution in [-0.2, 0) is 0 Å². The summed E-state index contributed by atoms with van der Waals surface area (Å²) in [6.07, 6.45) is 2.34. The van der Waals surface area contributed by atoms with Crippen LogP contribution < -0.4 is 16.2 Å². The third-order valence-electron chi connectivity index (χ3n) is 2.09.